The van der Waals surface area contributed by atoms with Crippen LogP contribution in [0.4, 0.5) is 11.4 Å². The van der Waals surface area contributed by atoms with Crippen LogP contribution in [0, 0.1) is 20.8 Å². The van der Waals surface area contributed by atoms with E-state index in [0.29, 0.717) is 12.4 Å². The first kappa shape index (κ1) is 11.5. The van der Waals surface area contributed by atoms with E-state index < -0.39 is 0 Å². The lowest BCUT2D eigenvalue weighted by Crippen LogP contribution is -2.00. The fourth-order valence-electron chi connectivity index (χ4n) is 1.71. The molecule has 17 heavy (non-hydrogen) atoms. The number of hydrogen-bond donors (Lipinski definition) is 2. The Hall–Kier alpha value is -1.97. The average Bonchev–Trinajstić information content (AvgIpc) is 2.54. The average molecular weight is 231 g/mol. The maximum atomic E-state index is 5.78. The van der Waals surface area contributed by atoms with Gasteiger partial charge in [-0.15, -0.1) is 0 Å². The number of anilines is 2. The van der Waals surface area contributed by atoms with Crippen molar-refractivity contribution in [2.45, 2.75) is 27.3 Å². The molecule has 0 saturated carbocycles. The van der Waals surface area contributed by atoms with Gasteiger partial charge in [0.1, 0.15) is 5.76 Å². The summed E-state index contributed by atoms with van der Waals surface area (Å²) in [6, 6.07) is 5.87. The van der Waals surface area contributed by atoms with E-state index in [1.165, 1.54) is 0 Å². The number of aromatic nitrogens is 1. The third-order valence-corrected chi connectivity index (χ3v) is 2.62. The maximum absolute atomic E-state index is 5.78. The van der Waals surface area contributed by atoms with E-state index in [1.807, 2.05) is 39.0 Å². The number of nitrogens with zero attached hydrogens (tertiary/aromatic N) is 1. The summed E-state index contributed by atoms with van der Waals surface area (Å²) in [7, 11) is 0. The minimum absolute atomic E-state index is 0.567. The second-order valence-corrected chi connectivity index (χ2v) is 4.24. The Balaban J connectivity index is 2.07. The highest BCUT2D eigenvalue weighted by molar-refractivity contribution is 5.56. The molecular formula is C13H17N3O. The molecule has 0 bridgehead atoms. The first-order valence-electron chi connectivity index (χ1n) is 5.58. The second-order valence-electron chi connectivity index (χ2n) is 4.24. The third-order valence-electron chi connectivity index (χ3n) is 2.62. The molecule has 0 unspecified atom stereocenters. The van der Waals surface area contributed by atoms with Crippen LogP contribution in [-0.4, -0.2) is 4.98 Å². The Morgan fingerprint density at radius 2 is 2.00 bits per heavy atom. The summed E-state index contributed by atoms with van der Waals surface area (Å²) in [6.45, 7) is 6.43. The van der Waals surface area contributed by atoms with Gasteiger partial charge in [-0.25, -0.2) is 4.98 Å². The van der Waals surface area contributed by atoms with Crippen LogP contribution >= 0.6 is 0 Å². The zero-order valence-corrected chi connectivity index (χ0v) is 10.4. The summed E-state index contributed by atoms with van der Waals surface area (Å²) < 4.78 is 5.49. The number of rotatable bonds is 3. The van der Waals surface area contributed by atoms with Crippen molar-refractivity contribution in [3.05, 3.63) is 41.1 Å². The van der Waals surface area contributed by atoms with Crippen LogP contribution in [0.1, 0.15) is 22.9 Å². The summed E-state index contributed by atoms with van der Waals surface area (Å²) in [4.78, 5) is 4.31. The van der Waals surface area contributed by atoms with Crippen LogP contribution in [-0.2, 0) is 6.54 Å². The molecule has 0 aliphatic carbocycles. The Kier molecular flexibility index (Phi) is 3.04. The lowest BCUT2D eigenvalue weighted by atomic mass is 10.2. The molecule has 2 aromatic rings. The lowest BCUT2D eigenvalue weighted by molar-refractivity contribution is 0.478. The van der Waals surface area contributed by atoms with Gasteiger partial charge in [0, 0.05) is 11.4 Å². The van der Waals surface area contributed by atoms with Gasteiger partial charge in [0.15, 0.2) is 0 Å². The van der Waals surface area contributed by atoms with Gasteiger partial charge >= 0.3 is 0 Å². The van der Waals surface area contributed by atoms with Crippen LogP contribution in [0.25, 0.3) is 0 Å². The molecule has 3 N–H and O–H groups in total. The van der Waals surface area contributed by atoms with E-state index in [1.54, 1.807) is 0 Å². The molecule has 1 aromatic carbocycles. The molecule has 1 heterocycles. The molecule has 1 aromatic heterocycles. The van der Waals surface area contributed by atoms with Crippen LogP contribution in [0.5, 0.6) is 0 Å². The highest BCUT2D eigenvalue weighted by Gasteiger charge is 2.05. The molecule has 0 spiro atoms. The number of nitrogens with one attached hydrogen (secondary N) is 1. The Morgan fingerprint density at radius 3 is 2.59 bits per heavy atom. The van der Waals surface area contributed by atoms with Gasteiger partial charge in [0.05, 0.1) is 12.2 Å². The van der Waals surface area contributed by atoms with Crippen LogP contribution in [0.2, 0.25) is 0 Å². The molecule has 2 rings (SSSR count). The molecule has 4 nitrogen and oxygen atoms in total. The number of aryl methyl sites for hydroxylation is 3. The van der Waals surface area contributed by atoms with Gasteiger partial charge in [-0.1, -0.05) is 0 Å². The summed E-state index contributed by atoms with van der Waals surface area (Å²) in [5.74, 6) is 1.56. The number of nitrogen functional groups attached to an aromatic ring is 1. The summed E-state index contributed by atoms with van der Waals surface area (Å²) in [5, 5.41) is 3.25. The van der Waals surface area contributed by atoms with E-state index in [4.69, 9.17) is 10.2 Å². The zero-order valence-electron chi connectivity index (χ0n) is 10.4. The van der Waals surface area contributed by atoms with Gasteiger partial charge in [0.25, 0.3) is 0 Å². The van der Waals surface area contributed by atoms with Crippen molar-refractivity contribution in [2.75, 3.05) is 11.1 Å². The van der Waals surface area contributed by atoms with E-state index >= 15 is 0 Å². The molecule has 0 aliphatic heterocycles. The van der Waals surface area contributed by atoms with Crippen molar-refractivity contribution >= 4 is 11.4 Å². The van der Waals surface area contributed by atoms with Crippen molar-refractivity contribution in [3.63, 3.8) is 0 Å². The highest BCUT2D eigenvalue weighted by atomic mass is 16.4. The maximum Gasteiger partial charge on any atom is 0.213 e. The minimum atomic E-state index is 0.567. The van der Waals surface area contributed by atoms with Gasteiger partial charge < -0.3 is 15.5 Å². The Morgan fingerprint density at radius 1 is 1.24 bits per heavy atom. The topological polar surface area (TPSA) is 64.1 Å². The Labute approximate surface area is 101 Å². The number of hydrogen-bond acceptors (Lipinski definition) is 4. The number of nitrogens with two attached hydrogens (primary N) is 1. The van der Waals surface area contributed by atoms with Crippen LogP contribution < -0.4 is 11.1 Å². The van der Waals surface area contributed by atoms with Crippen LogP contribution in [0.15, 0.2) is 22.6 Å². The van der Waals surface area contributed by atoms with E-state index in [2.05, 4.69) is 10.3 Å². The standard InChI is InChI=1S/C13H17N3O/c1-8-4-11(14)6-12(5-8)15-7-13-16-9(2)10(3)17-13/h4-6,15H,7,14H2,1-3H3. The van der Waals surface area contributed by atoms with Crippen molar-refractivity contribution in [3.8, 4) is 0 Å². The lowest BCUT2D eigenvalue weighted by Gasteiger charge is -2.06. The van der Waals surface area contributed by atoms with E-state index in [0.717, 1.165) is 28.4 Å². The van der Waals surface area contributed by atoms with E-state index in [-0.39, 0.29) is 0 Å². The van der Waals surface area contributed by atoms with Crippen molar-refractivity contribution < 1.29 is 4.42 Å². The molecule has 0 aliphatic rings. The molecule has 0 saturated heterocycles. The second kappa shape index (κ2) is 4.49. The monoisotopic (exact) mass is 231 g/mol. The Bertz CT molecular complexity index is 492. The summed E-state index contributed by atoms with van der Waals surface area (Å²) in [5.41, 5.74) is 9.58. The predicted molar refractivity (Wildman–Crippen MR) is 68.9 cm³/mol. The third kappa shape index (κ3) is 2.78. The molecular weight excluding hydrogens is 214 g/mol. The highest BCUT2D eigenvalue weighted by Crippen LogP contribution is 2.17. The van der Waals surface area contributed by atoms with Crippen molar-refractivity contribution in [2.24, 2.45) is 0 Å². The van der Waals surface area contributed by atoms with Gasteiger partial charge in [-0.3, -0.25) is 0 Å². The molecule has 0 radical (unpaired) electrons. The molecule has 0 amide bonds. The molecule has 90 valence electrons. The van der Waals surface area contributed by atoms with Crippen molar-refractivity contribution in [1.29, 1.82) is 0 Å². The summed E-state index contributed by atoms with van der Waals surface area (Å²) in [6.07, 6.45) is 0. The first-order valence-corrected chi connectivity index (χ1v) is 5.58. The number of oxazole rings is 1. The first-order chi connectivity index (χ1) is 8.04. The fourth-order valence-corrected chi connectivity index (χ4v) is 1.71. The quantitative estimate of drug-likeness (QED) is 0.797. The smallest absolute Gasteiger partial charge is 0.213 e. The van der Waals surface area contributed by atoms with Gasteiger partial charge in [-0.2, -0.15) is 0 Å². The van der Waals surface area contributed by atoms with Crippen LogP contribution in [0.3, 0.4) is 0 Å². The minimum Gasteiger partial charge on any atom is -0.444 e. The number of benzene rings is 1. The fraction of sp³-hybridized carbons (Fsp3) is 0.308. The molecule has 4 heteroatoms. The zero-order chi connectivity index (χ0) is 12.4. The largest absolute Gasteiger partial charge is 0.444 e. The van der Waals surface area contributed by atoms with E-state index in [9.17, 15) is 0 Å². The summed E-state index contributed by atoms with van der Waals surface area (Å²) >= 11 is 0. The molecule has 0 atom stereocenters. The molecule has 0 fully saturated rings. The normalized spacial score (nSPS) is 10.5. The van der Waals surface area contributed by atoms with Gasteiger partial charge in [0.2, 0.25) is 5.89 Å². The van der Waals surface area contributed by atoms with Crippen molar-refractivity contribution in [1.82, 2.24) is 4.98 Å². The van der Waals surface area contributed by atoms with Gasteiger partial charge in [-0.05, 0) is 44.5 Å². The SMILES string of the molecule is Cc1cc(N)cc(NCc2nc(C)c(C)o2)c1. The predicted octanol–water partition coefficient (Wildman–Crippen LogP) is 2.79.